The number of amides is 1. The third kappa shape index (κ3) is 3.46. The van der Waals surface area contributed by atoms with Crippen molar-refractivity contribution in [1.29, 1.82) is 0 Å². The molecule has 6 nitrogen and oxygen atoms in total. The van der Waals surface area contributed by atoms with Gasteiger partial charge in [-0.05, 0) is 51.5 Å². The van der Waals surface area contributed by atoms with Crippen molar-refractivity contribution in [2.24, 2.45) is 5.92 Å². The van der Waals surface area contributed by atoms with Gasteiger partial charge in [0.2, 0.25) is 5.91 Å². The van der Waals surface area contributed by atoms with E-state index in [2.05, 4.69) is 22.3 Å². The number of carbonyl (C=O) groups excluding carboxylic acids is 1. The summed E-state index contributed by atoms with van der Waals surface area (Å²) in [5.74, 6) is 1.42. The first-order valence-electron chi connectivity index (χ1n) is 8.23. The quantitative estimate of drug-likeness (QED) is 0.939. The molecule has 124 valence electrons. The minimum Gasteiger partial charge on any atom is -0.361 e. The molecule has 3 rings (SSSR count). The van der Waals surface area contributed by atoms with E-state index in [-0.39, 0.29) is 5.91 Å². The number of piperidine rings is 1. The van der Waals surface area contributed by atoms with Crippen LogP contribution in [0.3, 0.4) is 0 Å². The maximum absolute atomic E-state index is 12.6. The van der Waals surface area contributed by atoms with E-state index in [4.69, 9.17) is 4.52 Å². The predicted molar refractivity (Wildman–Crippen MR) is 86.0 cm³/mol. The number of hydrogen-bond acceptors (Lipinski definition) is 4. The molecule has 0 saturated carbocycles. The molecule has 1 atom stereocenters. The van der Waals surface area contributed by atoms with Gasteiger partial charge in [-0.3, -0.25) is 9.89 Å². The van der Waals surface area contributed by atoms with E-state index in [0.717, 1.165) is 49.4 Å². The summed E-state index contributed by atoms with van der Waals surface area (Å²) in [4.78, 5) is 14.6. The highest BCUT2D eigenvalue weighted by Crippen LogP contribution is 2.23. The fourth-order valence-corrected chi connectivity index (χ4v) is 3.34. The maximum Gasteiger partial charge on any atom is 0.227 e. The number of aromatic amines is 1. The number of aromatic nitrogens is 3. The van der Waals surface area contributed by atoms with Gasteiger partial charge in [-0.15, -0.1) is 0 Å². The van der Waals surface area contributed by atoms with Crippen LogP contribution in [0.4, 0.5) is 0 Å². The van der Waals surface area contributed by atoms with Gasteiger partial charge in [0.05, 0.1) is 18.3 Å². The highest BCUT2D eigenvalue weighted by Gasteiger charge is 2.26. The zero-order chi connectivity index (χ0) is 16.4. The van der Waals surface area contributed by atoms with Crippen molar-refractivity contribution >= 4 is 5.91 Å². The van der Waals surface area contributed by atoms with Crippen molar-refractivity contribution < 1.29 is 9.32 Å². The highest BCUT2D eigenvalue weighted by atomic mass is 16.5. The fraction of sp³-hybridized carbons (Fsp3) is 0.588. The molecule has 23 heavy (non-hydrogen) atoms. The molecule has 0 aliphatic carbocycles. The van der Waals surface area contributed by atoms with Crippen molar-refractivity contribution in [2.75, 3.05) is 13.1 Å². The largest absolute Gasteiger partial charge is 0.361 e. The maximum atomic E-state index is 12.6. The van der Waals surface area contributed by atoms with Crippen molar-refractivity contribution in [1.82, 2.24) is 20.3 Å². The van der Waals surface area contributed by atoms with Crippen LogP contribution in [0.1, 0.15) is 41.1 Å². The van der Waals surface area contributed by atoms with Crippen LogP contribution < -0.4 is 0 Å². The van der Waals surface area contributed by atoms with Gasteiger partial charge in [-0.2, -0.15) is 5.10 Å². The lowest BCUT2D eigenvalue weighted by Crippen LogP contribution is -2.41. The normalized spacial score (nSPS) is 18.4. The van der Waals surface area contributed by atoms with E-state index >= 15 is 0 Å². The molecule has 1 amide bonds. The molecule has 3 heterocycles. The SMILES string of the molecule is Cc1cn[nH]c1C[C@@H]1CCCN(C(=O)Cc2c(C)noc2C)C1. The average molecular weight is 316 g/mol. The third-order valence-electron chi connectivity index (χ3n) is 4.81. The van der Waals surface area contributed by atoms with Crippen molar-refractivity contribution in [2.45, 2.75) is 46.5 Å². The molecule has 2 aromatic heterocycles. The second-order valence-corrected chi connectivity index (χ2v) is 6.56. The minimum atomic E-state index is 0.172. The topological polar surface area (TPSA) is 75.0 Å². The van der Waals surface area contributed by atoms with E-state index in [0.29, 0.717) is 12.3 Å². The van der Waals surface area contributed by atoms with Crippen molar-refractivity contribution in [3.05, 3.63) is 34.5 Å². The van der Waals surface area contributed by atoms with Crippen LogP contribution in [0.2, 0.25) is 0 Å². The van der Waals surface area contributed by atoms with Gasteiger partial charge in [-0.1, -0.05) is 5.16 Å². The highest BCUT2D eigenvalue weighted by molar-refractivity contribution is 5.79. The fourth-order valence-electron chi connectivity index (χ4n) is 3.34. The Morgan fingerprint density at radius 2 is 2.26 bits per heavy atom. The number of nitrogens with zero attached hydrogens (tertiary/aromatic N) is 3. The first-order valence-corrected chi connectivity index (χ1v) is 8.23. The second kappa shape index (κ2) is 6.56. The molecule has 2 aromatic rings. The third-order valence-corrected chi connectivity index (χ3v) is 4.81. The molecule has 0 spiro atoms. The molecular weight excluding hydrogens is 292 g/mol. The van der Waals surface area contributed by atoms with Crippen LogP contribution in [0, 0.1) is 26.7 Å². The molecule has 0 bridgehead atoms. The lowest BCUT2D eigenvalue weighted by Gasteiger charge is -2.33. The number of aryl methyl sites for hydroxylation is 3. The summed E-state index contributed by atoms with van der Waals surface area (Å²) < 4.78 is 5.16. The number of hydrogen-bond donors (Lipinski definition) is 1. The predicted octanol–water partition coefficient (Wildman–Crippen LogP) is 2.35. The van der Waals surface area contributed by atoms with Crippen LogP contribution >= 0.6 is 0 Å². The summed E-state index contributed by atoms with van der Waals surface area (Å²) in [5.41, 5.74) is 4.14. The first kappa shape index (κ1) is 15.8. The van der Waals surface area contributed by atoms with Crippen LogP contribution in [-0.2, 0) is 17.6 Å². The van der Waals surface area contributed by atoms with Gasteiger partial charge in [-0.25, -0.2) is 0 Å². The average Bonchev–Trinajstić information content (AvgIpc) is 3.08. The minimum absolute atomic E-state index is 0.172. The monoisotopic (exact) mass is 316 g/mol. The Hall–Kier alpha value is -2.11. The summed E-state index contributed by atoms with van der Waals surface area (Å²) in [5, 5.41) is 11.1. The summed E-state index contributed by atoms with van der Waals surface area (Å²) in [6.45, 7) is 7.49. The smallest absolute Gasteiger partial charge is 0.227 e. The summed E-state index contributed by atoms with van der Waals surface area (Å²) >= 11 is 0. The van der Waals surface area contributed by atoms with Crippen LogP contribution in [0.5, 0.6) is 0 Å². The zero-order valence-electron chi connectivity index (χ0n) is 14.1. The van der Waals surface area contributed by atoms with Gasteiger partial charge in [0.15, 0.2) is 0 Å². The lowest BCUT2D eigenvalue weighted by molar-refractivity contribution is -0.132. The van der Waals surface area contributed by atoms with Crippen LogP contribution in [0.25, 0.3) is 0 Å². The Kier molecular flexibility index (Phi) is 4.50. The molecule has 6 heteroatoms. The Balaban J connectivity index is 1.62. The van der Waals surface area contributed by atoms with E-state index in [1.165, 1.54) is 11.3 Å². The molecule has 1 aliphatic rings. The Bertz CT molecular complexity index is 669. The van der Waals surface area contributed by atoms with Crippen LogP contribution in [-0.4, -0.2) is 39.3 Å². The Morgan fingerprint density at radius 1 is 1.43 bits per heavy atom. The van der Waals surface area contributed by atoms with Crippen molar-refractivity contribution in [3.8, 4) is 0 Å². The first-order chi connectivity index (χ1) is 11.0. The molecule has 0 aromatic carbocycles. The standard InChI is InChI=1S/C17H24N4O2/c1-11-9-18-19-16(11)7-14-5-4-6-21(10-14)17(22)8-15-12(2)20-23-13(15)3/h9,14H,4-8,10H2,1-3H3,(H,18,19)/t14-/m0/s1. The van der Waals surface area contributed by atoms with E-state index in [1.807, 2.05) is 24.9 Å². The van der Waals surface area contributed by atoms with E-state index in [1.54, 1.807) is 0 Å². The van der Waals surface area contributed by atoms with Gasteiger partial charge in [0.25, 0.3) is 0 Å². The second-order valence-electron chi connectivity index (χ2n) is 6.56. The van der Waals surface area contributed by atoms with Gasteiger partial charge >= 0.3 is 0 Å². The molecule has 1 aliphatic heterocycles. The summed E-state index contributed by atoms with van der Waals surface area (Å²) in [7, 11) is 0. The lowest BCUT2D eigenvalue weighted by atomic mass is 9.92. The Labute approximate surface area is 136 Å². The summed E-state index contributed by atoms with van der Waals surface area (Å²) in [6, 6.07) is 0. The molecular formula is C17H24N4O2. The zero-order valence-corrected chi connectivity index (χ0v) is 14.1. The van der Waals surface area contributed by atoms with Crippen LogP contribution in [0.15, 0.2) is 10.7 Å². The number of H-pyrrole nitrogens is 1. The van der Waals surface area contributed by atoms with Gasteiger partial charge < -0.3 is 9.42 Å². The molecule has 1 saturated heterocycles. The van der Waals surface area contributed by atoms with Gasteiger partial charge in [0, 0.05) is 24.3 Å². The van der Waals surface area contributed by atoms with Gasteiger partial charge in [0.1, 0.15) is 5.76 Å². The number of likely N-dealkylation sites (tertiary alicyclic amines) is 1. The molecule has 1 N–H and O–H groups in total. The number of rotatable bonds is 4. The number of nitrogens with one attached hydrogen (secondary N) is 1. The molecule has 0 radical (unpaired) electrons. The van der Waals surface area contributed by atoms with E-state index in [9.17, 15) is 4.79 Å². The van der Waals surface area contributed by atoms with Crippen molar-refractivity contribution in [3.63, 3.8) is 0 Å². The Morgan fingerprint density at radius 3 is 2.91 bits per heavy atom. The van der Waals surface area contributed by atoms with E-state index < -0.39 is 0 Å². The number of carbonyl (C=O) groups is 1. The molecule has 1 fully saturated rings. The molecule has 0 unspecified atom stereocenters. The summed E-state index contributed by atoms with van der Waals surface area (Å²) in [6.07, 6.45) is 5.43.